The highest BCUT2D eigenvalue weighted by Crippen LogP contribution is 2.43. The van der Waals surface area contributed by atoms with Crippen LogP contribution in [-0.2, 0) is 15.8 Å². The highest BCUT2D eigenvalue weighted by Gasteiger charge is 2.44. The maximum Gasteiger partial charge on any atom is 0.231 e. The fraction of sp³-hybridized carbons (Fsp3) is 0.350. The molecule has 0 radical (unpaired) electrons. The molecule has 1 aliphatic carbocycles. The molecule has 3 heterocycles. The van der Waals surface area contributed by atoms with Gasteiger partial charge in [0.25, 0.3) is 0 Å². The molecular weight excluding hydrogens is 382 g/mol. The molecular formula is C20H21NO2S3. The summed E-state index contributed by atoms with van der Waals surface area (Å²) in [5.41, 5.74) is -0.778. The van der Waals surface area contributed by atoms with Crippen LogP contribution in [0, 0.1) is 0 Å². The number of hydrogen-bond donors (Lipinski definition) is 2. The highest BCUT2D eigenvalue weighted by molar-refractivity contribution is 7.10. The largest absolute Gasteiger partial charge is 0.378 e. The second kappa shape index (κ2) is 7.27. The topological polar surface area (TPSA) is 49.3 Å². The molecule has 1 aliphatic rings. The van der Waals surface area contributed by atoms with Crippen LogP contribution < -0.4 is 5.32 Å². The molecule has 1 saturated carbocycles. The summed E-state index contributed by atoms with van der Waals surface area (Å²) in [5, 5.41) is 22.5. The van der Waals surface area contributed by atoms with Crippen molar-refractivity contribution in [2.45, 2.75) is 36.7 Å². The molecule has 3 nitrogen and oxygen atoms in total. The molecule has 136 valence electrons. The molecule has 3 aromatic heterocycles. The first kappa shape index (κ1) is 17.9. The number of carbonyl (C=O) groups excluding carboxylic acids is 1. The third-order valence-corrected chi connectivity index (χ3v) is 8.10. The molecule has 1 unspecified atom stereocenters. The fourth-order valence-corrected chi connectivity index (χ4v) is 6.39. The minimum Gasteiger partial charge on any atom is -0.378 e. The second-order valence-electron chi connectivity index (χ2n) is 6.80. The Morgan fingerprint density at radius 1 is 1.12 bits per heavy atom. The van der Waals surface area contributed by atoms with Crippen LogP contribution in [0.3, 0.4) is 0 Å². The molecule has 0 aromatic carbocycles. The quantitative estimate of drug-likeness (QED) is 0.625. The van der Waals surface area contributed by atoms with Crippen molar-refractivity contribution in [1.29, 1.82) is 0 Å². The Morgan fingerprint density at radius 3 is 2.50 bits per heavy atom. The number of aliphatic hydroxyl groups is 1. The van der Waals surface area contributed by atoms with Crippen LogP contribution in [0.1, 0.15) is 41.0 Å². The van der Waals surface area contributed by atoms with Crippen LogP contribution in [0.4, 0.5) is 0 Å². The van der Waals surface area contributed by atoms with Gasteiger partial charge in [0.2, 0.25) is 5.91 Å². The molecule has 6 heteroatoms. The zero-order valence-corrected chi connectivity index (χ0v) is 16.8. The normalized spacial score (nSPS) is 18.5. The van der Waals surface area contributed by atoms with Gasteiger partial charge in [0.15, 0.2) is 0 Å². The van der Waals surface area contributed by atoms with Crippen molar-refractivity contribution < 1.29 is 9.90 Å². The van der Waals surface area contributed by atoms with Crippen molar-refractivity contribution in [1.82, 2.24) is 5.32 Å². The van der Waals surface area contributed by atoms with Crippen molar-refractivity contribution in [2.75, 3.05) is 6.54 Å². The van der Waals surface area contributed by atoms with Gasteiger partial charge in [0, 0.05) is 15.3 Å². The van der Waals surface area contributed by atoms with Crippen LogP contribution in [0.2, 0.25) is 0 Å². The van der Waals surface area contributed by atoms with Crippen LogP contribution in [0.15, 0.2) is 51.9 Å². The first-order valence-corrected chi connectivity index (χ1v) is 11.5. The molecule has 0 saturated heterocycles. The van der Waals surface area contributed by atoms with Gasteiger partial charge < -0.3 is 10.4 Å². The van der Waals surface area contributed by atoms with Crippen molar-refractivity contribution in [2.24, 2.45) is 0 Å². The smallest absolute Gasteiger partial charge is 0.231 e. The Labute approximate surface area is 165 Å². The summed E-state index contributed by atoms with van der Waals surface area (Å²) in [6.07, 6.45) is 3.92. The number of hydrogen-bond acceptors (Lipinski definition) is 5. The summed E-state index contributed by atoms with van der Waals surface area (Å²) in [6.45, 7) is 0.191. The van der Waals surface area contributed by atoms with Crippen molar-refractivity contribution >= 4 is 39.9 Å². The Hall–Kier alpha value is -1.47. The first-order chi connectivity index (χ1) is 12.7. The van der Waals surface area contributed by atoms with Gasteiger partial charge >= 0.3 is 0 Å². The summed E-state index contributed by atoms with van der Waals surface area (Å²) in [6, 6.07) is 9.88. The molecule has 2 N–H and O–H groups in total. The van der Waals surface area contributed by atoms with E-state index in [4.69, 9.17) is 0 Å². The summed E-state index contributed by atoms with van der Waals surface area (Å²) in [7, 11) is 0. The lowest BCUT2D eigenvalue weighted by Crippen LogP contribution is -2.48. The lowest BCUT2D eigenvalue weighted by Gasteiger charge is -2.31. The Kier molecular flexibility index (Phi) is 5.01. The van der Waals surface area contributed by atoms with Gasteiger partial charge in [-0.1, -0.05) is 25.0 Å². The minimum atomic E-state index is -1.18. The number of amides is 1. The van der Waals surface area contributed by atoms with Gasteiger partial charge in [-0.3, -0.25) is 4.79 Å². The zero-order chi connectivity index (χ0) is 18.0. The molecule has 26 heavy (non-hydrogen) atoms. The predicted molar refractivity (Wildman–Crippen MR) is 109 cm³/mol. The van der Waals surface area contributed by atoms with Crippen LogP contribution in [-0.4, -0.2) is 17.6 Å². The summed E-state index contributed by atoms with van der Waals surface area (Å²) in [5.74, 6) is 0.0441. The van der Waals surface area contributed by atoms with Gasteiger partial charge in [0.1, 0.15) is 5.60 Å². The summed E-state index contributed by atoms with van der Waals surface area (Å²) in [4.78, 5) is 15.2. The average molecular weight is 404 g/mol. The monoisotopic (exact) mass is 403 g/mol. The summed E-state index contributed by atoms with van der Waals surface area (Å²) < 4.78 is 0. The molecule has 1 atom stereocenters. The van der Waals surface area contributed by atoms with Gasteiger partial charge in [-0.25, -0.2) is 0 Å². The highest BCUT2D eigenvalue weighted by atomic mass is 32.1. The molecule has 0 aliphatic heterocycles. The van der Waals surface area contributed by atoms with Gasteiger partial charge in [-0.05, 0) is 52.6 Å². The SMILES string of the molecule is O=C(NCC(O)(c1ccsc1)c1cccs1)C1(c2cccs2)CCCC1. The van der Waals surface area contributed by atoms with E-state index in [9.17, 15) is 9.90 Å². The van der Waals surface area contributed by atoms with E-state index in [2.05, 4.69) is 11.4 Å². The zero-order valence-electron chi connectivity index (χ0n) is 14.3. The second-order valence-corrected chi connectivity index (χ2v) is 9.47. The molecule has 1 fully saturated rings. The Morgan fingerprint density at radius 2 is 1.88 bits per heavy atom. The van der Waals surface area contributed by atoms with Crippen molar-refractivity contribution in [3.8, 4) is 0 Å². The molecule has 1 amide bonds. The van der Waals surface area contributed by atoms with E-state index in [1.165, 1.54) is 11.3 Å². The number of carbonyl (C=O) groups is 1. The van der Waals surface area contributed by atoms with E-state index in [-0.39, 0.29) is 12.5 Å². The van der Waals surface area contributed by atoms with Crippen LogP contribution in [0.25, 0.3) is 0 Å². The lowest BCUT2D eigenvalue weighted by molar-refractivity contribution is -0.127. The third kappa shape index (κ3) is 3.05. The molecule has 0 bridgehead atoms. The number of nitrogens with one attached hydrogen (secondary N) is 1. The van der Waals surface area contributed by atoms with Crippen molar-refractivity contribution in [3.05, 3.63) is 67.2 Å². The van der Waals surface area contributed by atoms with E-state index in [1.807, 2.05) is 45.8 Å². The Balaban J connectivity index is 1.59. The Bertz CT molecular complexity index is 798. The van der Waals surface area contributed by atoms with Crippen LogP contribution in [0.5, 0.6) is 0 Å². The van der Waals surface area contributed by atoms with Crippen LogP contribution >= 0.6 is 34.0 Å². The number of rotatable bonds is 6. The maximum absolute atomic E-state index is 13.2. The molecule has 0 spiro atoms. The first-order valence-electron chi connectivity index (χ1n) is 8.76. The van der Waals surface area contributed by atoms with E-state index >= 15 is 0 Å². The van der Waals surface area contributed by atoms with E-state index in [1.54, 1.807) is 22.7 Å². The minimum absolute atomic E-state index is 0.0441. The molecule has 4 rings (SSSR count). The average Bonchev–Trinajstić information content (AvgIpc) is 3.45. The fourth-order valence-electron chi connectivity index (χ4n) is 3.84. The van der Waals surface area contributed by atoms with Gasteiger partial charge in [0.05, 0.1) is 12.0 Å². The lowest BCUT2D eigenvalue weighted by atomic mass is 9.83. The number of thiophene rings is 3. The van der Waals surface area contributed by atoms with Crippen molar-refractivity contribution in [3.63, 3.8) is 0 Å². The molecule has 3 aromatic rings. The summed E-state index contributed by atoms with van der Waals surface area (Å²) >= 11 is 4.73. The van der Waals surface area contributed by atoms with Gasteiger partial charge in [-0.15, -0.1) is 22.7 Å². The van der Waals surface area contributed by atoms with Gasteiger partial charge in [-0.2, -0.15) is 11.3 Å². The third-order valence-electron chi connectivity index (χ3n) is 5.32. The van der Waals surface area contributed by atoms with E-state index in [0.29, 0.717) is 0 Å². The standard InChI is InChI=1S/C20H21NO2S3/c22-18(19(8-1-2-9-19)16-5-3-10-25-16)21-14-20(23,15-7-12-24-13-15)17-6-4-11-26-17/h3-7,10-13,23H,1-2,8-9,14H2,(H,21,22). The van der Waals surface area contributed by atoms with E-state index in [0.717, 1.165) is 41.0 Å². The van der Waals surface area contributed by atoms with E-state index < -0.39 is 11.0 Å². The predicted octanol–water partition coefficient (Wildman–Crippen LogP) is 4.74. The maximum atomic E-state index is 13.2.